The monoisotopic (exact) mass is 471 g/mol. The number of hydrogen-bond acceptors (Lipinski definition) is 3. The van der Waals surface area contributed by atoms with Crippen LogP contribution in [0.4, 0.5) is 17.6 Å². The third kappa shape index (κ3) is 6.46. The number of benzene rings is 1. The van der Waals surface area contributed by atoms with E-state index >= 15 is 0 Å². The summed E-state index contributed by atoms with van der Waals surface area (Å²) in [6.45, 7) is 2.65. The number of likely N-dealkylation sites (tertiary alicyclic amines) is 1. The van der Waals surface area contributed by atoms with Crippen LogP contribution < -0.4 is 11.1 Å². The molecule has 1 aromatic rings. The van der Waals surface area contributed by atoms with Crippen molar-refractivity contribution in [1.82, 2.24) is 10.2 Å². The van der Waals surface area contributed by atoms with Crippen LogP contribution in [0.1, 0.15) is 73.9 Å². The highest BCUT2D eigenvalue weighted by molar-refractivity contribution is 5.94. The van der Waals surface area contributed by atoms with Gasteiger partial charge in [-0.15, -0.1) is 0 Å². The van der Waals surface area contributed by atoms with Crippen LogP contribution >= 0.6 is 0 Å². The smallest absolute Gasteiger partial charge is 0.270 e. The van der Waals surface area contributed by atoms with Gasteiger partial charge in [0.15, 0.2) is 0 Å². The highest BCUT2D eigenvalue weighted by atomic mass is 19.3. The van der Waals surface area contributed by atoms with Crippen LogP contribution in [-0.4, -0.2) is 42.4 Å². The Morgan fingerprint density at radius 2 is 1.52 bits per heavy atom. The number of halogens is 4. The summed E-state index contributed by atoms with van der Waals surface area (Å²) < 4.78 is 55.1. The standard InChI is InChI=1S/C24H33F4N3O2/c1-23(25,26)17-11-16(12-18(13-17)24(2,27)28)21(32)30-14-15-7-9-31(10-8-15)22(33)19-5-3-4-6-20(19)29/h11-13,15,19-20H,3-10,14,29H2,1-2H3,(H,30,32)/t19-,20+/m1/s1. The lowest BCUT2D eigenvalue weighted by Crippen LogP contribution is -2.49. The summed E-state index contributed by atoms with van der Waals surface area (Å²) in [5.41, 5.74) is 4.67. The van der Waals surface area contributed by atoms with Crippen molar-refractivity contribution in [3.05, 3.63) is 34.9 Å². The van der Waals surface area contributed by atoms with Crippen LogP contribution in [0.25, 0.3) is 0 Å². The number of nitrogens with one attached hydrogen (secondary N) is 1. The summed E-state index contributed by atoms with van der Waals surface area (Å²) in [6.07, 6.45) is 5.16. The molecule has 9 heteroatoms. The molecule has 5 nitrogen and oxygen atoms in total. The van der Waals surface area contributed by atoms with Crippen molar-refractivity contribution < 1.29 is 27.2 Å². The van der Waals surface area contributed by atoms with E-state index in [0.29, 0.717) is 39.8 Å². The largest absolute Gasteiger partial charge is 0.352 e. The quantitative estimate of drug-likeness (QED) is 0.604. The molecule has 2 amide bonds. The molecule has 2 fully saturated rings. The normalized spacial score (nSPS) is 22.8. The van der Waals surface area contributed by atoms with E-state index in [1.807, 2.05) is 4.90 Å². The number of alkyl halides is 4. The summed E-state index contributed by atoms with van der Waals surface area (Å²) in [5.74, 6) is -7.27. The van der Waals surface area contributed by atoms with Crippen molar-refractivity contribution in [1.29, 1.82) is 0 Å². The second-order valence-corrected chi connectivity index (χ2v) is 9.61. The van der Waals surface area contributed by atoms with Gasteiger partial charge in [-0.25, -0.2) is 17.6 Å². The van der Waals surface area contributed by atoms with Gasteiger partial charge < -0.3 is 16.0 Å². The zero-order chi connectivity index (χ0) is 24.4. The first kappa shape index (κ1) is 25.5. The average molecular weight is 472 g/mol. The van der Waals surface area contributed by atoms with Crippen LogP contribution in [0.15, 0.2) is 18.2 Å². The molecule has 0 unspecified atom stereocenters. The van der Waals surface area contributed by atoms with E-state index in [1.54, 1.807) is 0 Å². The van der Waals surface area contributed by atoms with E-state index in [4.69, 9.17) is 5.73 Å². The Labute approximate surface area is 192 Å². The van der Waals surface area contributed by atoms with Gasteiger partial charge in [-0.3, -0.25) is 9.59 Å². The van der Waals surface area contributed by atoms with Crippen molar-refractivity contribution in [3.8, 4) is 0 Å². The Morgan fingerprint density at radius 1 is 0.970 bits per heavy atom. The topological polar surface area (TPSA) is 75.4 Å². The number of nitrogens with zero attached hydrogens (tertiary/aromatic N) is 1. The highest BCUT2D eigenvalue weighted by Crippen LogP contribution is 2.34. The molecular weight excluding hydrogens is 438 g/mol. The summed E-state index contributed by atoms with van der Waals surface area (Å²) >= 11 is 0. The molecule has 1 heterocycles. The Morgan fingerprint density at radius 3 is 2.03 bits per heavy atom. The fraction of sp³-hybridized carbons (Fsp3) is 0.667. The molecule has 3 N–H and O–H groups in total. The van der Waals surface area contributed by atoms with Gasteiger partial charge >= 0.3 is 0 Å². The zero-order valence-electron chi connectivity index (χ0n) is 19.2. The molecule has 33 heavy (non-hydrogen) atoms. The van der Waals surface area contributed by atoms with E-state index < -0.39 is 28.9 Å². The van der Waals surface area contributed by atoms with Gasteiger partial charge in [-0.2, -0.15) is 0 Å². The molecule has 0 spiro atoms. The Bertz CT molecular complexity index is 826. The minimum absolute atomic E-state index is 0.0880. The minimum Gasteiger partial charge on any atom is -0.352 e. The van der Waals surface area contributed by atoms with Gasteiger partial charge in [0, 0.05) is 56.2 Å². The maximum atomic E-state index is 13.8. The molecule has 184 valence electrons. The van der Waals surface area contributed by atoms with Crippen molar-refractivity contribution in [2.75, 3.05) is 19.6 Å². The van der Waals surface area contributed by atoms with Crippen LogP contribution in [0, 0.1) is 11.8 Å². The van der Waals surface area contributed by atoms with E-state index in [-0.39, 0.29) is 35.9 Å². The number of carbonyl (C=O) groups is 2. The number of carbonyl (C=O) groups excluding carboxylic acids is 2. The van der Waals surface area contributed by atoms with Gasteiger partial charge in [-0.05, 0) is 49.8 Å². The maximum absolute atomic E-state index is 13.8. The molecule has 0 aromatic heterocycles. The Balaban J connectivity index is 1.57. The van der Waals surface area contributed by atoms with Crippen LogP contribution in [0.3, 0.4) is 0 Å². The van der Waals surface area contributed by atoms with Crippen LogP contribution in [0.2, 0.25) is 0 Å². The summed E-state index contributed by atoms with van der Waals surface area (Å²) in [5, 5.41) is 2.69. The third-order valence-electron chi connectivity index (χ3n) is 6.82. The van der Waals surface area contributed by atoms with Gasteiger partial charge in [-0.1, -0.05) is 12.8 Å². The van der Waals surface area contributed by atoms with Gasteiger partial charge in [0.05, 0.1) is 5.92 Å². The van der Waals surface area contributed by atoms with Crippen molar-refractivity contribution in [3.63, 3.8) is 0 Å². The molecule has 1 aromatic carbocycles. The zero-order valence-corrected chi connectivity index (χ0v) is 19.2. The summed E-state index contributed by atoms with van der Waals surface area (Å²) in [4.78, 5) is 27.2. The van der Waals surface area contributed by atoms with E-state index in [9.17, 15) is 27.2 Å². The van der Waals surface area contributed by atoms with Crippen molar-refractivity contribution in [2.45, 2.75) is 70.3 Å². The fourth-order valence-electron chi connectivity index (χ4n) is 4.66. The van der Waals surface area contributed by atoms with Gasteiger partial charge in [0.25, 0.3) is 17.8 Å². The molecule has 0 radical (unpaired) electrons. The second-order valence-electron chi connectivity index (χ2n) is 9.61. The lowest BCUT2D eigenvalue weighted by atomic mass is 9.83. The van der Waals surface area contributed by atoms with E-state index in [0.717, 1.165) is 43.9 Å². The summed E-state index contributed by atoms with van der Waals surface area (Å²) in [7, 11) is 0. The first-order valence-electron chi connectivity index (χ1n) is 11.6. The molecule has 2 atom stereocenters. The van der Waals surface area contributed by atoms with Crippen LogP contribution in [0.5, 0.6) is 0 Å². The lowest BCUT2D eigenvalue weighted by Gasteiger charge is -2.37. The predicted molar refractivity (Wildman–Crippen MR) is 117 cm³/mol. The number of rotatable bonds is 6. The first-order chi connectivity index (χ1) is 15.4. The number of amides is 2. The molecular formula is C24H33F4N3O2. The molecule has 1 saturated carbocycles. The fourth-order valence-corrected chi connectivity index (χ4v) is 4.66. The van der Waals surface area contributed by atoms with E-state index in [1.165, 1.54) is 0 Å². The number of nitrogens with two attached hydrogens (primary N) is 1. The highest BCUT2D eigenvalue weighted by Gasteiger charge is 2.34. The van der Waals surface area contributed by atoms with Crippen molar-refractivity contribution in [2.24, 2.45) is 17.6 Å². The minimum atomic E-state index is -3.35. The van der Waals surface area contributed by atoms with Gasteiger partial charge in [0.1, 0.15) is 0 Å². The molecule has 1 aliphatic carbocycles. The van der Waals surface area contributed by atoms with Gasteiger partial charge in [0.2, 0.25) is 5.91 Å². The van der Waals surface area contributed by atoms with Crippen molar-refractivity contribution >= 4 is 11.8 Å². The second kappa shape index (κ2) is 9.99. The molecule has 1 saturated heterocycles. The Kier molecular flexibility index (Phi) is 7.71. The SMILES string of the molecule is CC(F)(F)c1cc(C(=O)NCC2CCN(C(=O)[C@@H]3CCCC[C@@H]3N)CC2)cc(C(C)(F)F)c1. The summed E-state index contributed by atoms with van der Waals surface area (Å²) in [6, 6.07) is 2.56. The first-order valence-corrected chi connectivity index (χ1v) is 11.6. The molecule has 3 rings (SSSR count). The third-order valence-corrected chi connectivity index (χ3v) is 6.82. The average Bonchev–Trinajstić information content (AvgIpc) is 2.76. The lowest BCUT2D eigenvalue weighted by molar-refractivity contribution is -0.138. The number of piperidine rings is 1. The number of hydrogen-bond donors (Lipinski definition) is 2. The Hall–Kier alpha value is -2.16. The van der Waals surface area contributed by atoms with Crippen LogP contribution in [-0.2, 0) is 16.6 Å². The molecule has 2 aliphatic rings. The molecule has 0 bridgehead atoms. The molecule has 1 aliphatic heterocycles. The van der Waals surface area contributed by atoms with E-state index in [2.05, 4.69) is 5.32 Å². The predicted octanol–water partition coefficient (Wildman–Crippen LogP) is 4.40. The maximum Gasteiger partial charge on any atom is 0.270 e.